The molecule has 0 aromatic heterocycles. The Hall–Kier alpha value is -0.740. The van der Waals surface area contributed by atoms with E-state index < -0.39 is 38.8 Å². The first-order valence-corrected chi connectivity index (χ1v) is 4.15. The summed E-state index contributed by atoms with van der Waals surface area (Å²) < 4.78 is 38.9. The van der Waals surface area contributed by atoms with Crippen LogP contribution in [0.4, 0.5) is 13.2 Å². The van der Waals surface area contributed by atoms with Crippen LogP contribution in [0.2, 0.25) is 5.02 Å². The first kappa shape index (κ1) is 11.3. The van der Waals surface area contributed by atoms with Gasteiger partial charge >= 0.3 is 0 Å². The van der Waals surface area contributed by atoms with Crippen molar-refractivity contribution in [2.45, 2.75) is 6.92 Å². The van der Waals surface area contributed by atoms with Gasteiger partial charge in [-0.1, -0.05) is 11.6 Å². The highest BCUT2D eigenvalue weighted by atomic mass is 35.5. The average Bonchev–Trinajstić information content (AvgIpc) is 2.11. The fourth-order valence-corrected chi connectivity index (χ4v) is 1.42. The molecule has 1 aromatic rings. The summed E-state index contributed by atoms with van der Waals surface area (Å²) in [5, 5.41) is -2.25. The summed E-state index contributed by atoms with van der Waals surface area (Å²) in [7, 11) is 0. The number of benzene rings is 1. The minimum Gasteiger partial charge on any atom is -0.275 e. The maximum absolute atomic E-state index is 13.0. The van der Waals surface area contributed by atoms with Crippen LogP contribution in [0, 0.1) is 24.4 Å². The number of hydrogen-bond acceptors (Lipinski definition) is 1. The monoisotopic (exact) mass is 242 g/mol. The molecular formula is C8H3Cl2F3O. The maximum atomic E-state index is 13.0. The zero-order valence-electron chi connectivity index (χ0n) is 6.80. The molecule has 0 aliphatic carbocycles. The van der Waals surface area contributed by atoms with Crippen LogP contribution < -0.4 is 0 Å². The predicted octanol–water partition coefficient (Wildman–Crippen LogP) is 3.44. The second-order valence-corrected chi connectivity index (χ2v) is 3.25. The van der Waals surface area contributed by atoms with Gasteiger partial charge in [-0.2, -0.15) is 0 Å². The molecule has 14 heavy (non-hydrogen) atoms. The summed E-state index contributed by atoms with van der Waals surface area (Å²) in [6.07, 6.45) is 0. The summed E-state index contributed by atoms with van der Waals surface area (Å²) in [5.74, 6) is -4.33. The van der Waals surface area contributed by atoms with Gasteiger partial charge in [0.15, 0.2) is 11.6 Å². The van der Waals surface area contributed by atoms with E-state index in [0.29, 0.717) is 0 Å². The Morgan fingerprint density at radius 3 is 2.07 bits per heavy atom. The zero-order chi connectivity index (χ0) is 11.0. The average molecular weight is 243 g/mol. The molecule has 0 aliphatic heterocycles. The summed E-state index contributed by atoms with van der Waals surface area (Å²) >= 11 is 10.1. The molecule has 0 atom stereocenters. The molecule has 0 heterocycles. The Balaban J connectivity index is 3.68. The van der Waals surface area contributed by atoms with Gasteiger partial charge in [0.25, 0.3) is 5.24 Å². The summed E-state index contributed by atoms with van der Waals surface area (Å²) in [4.78, 5) is 10.7. The highest BCUT2D eigenvalue weighted by Crippen LogP contribution is 2.28. The normalized spacial score (nSPS) is 10.4. The van der Waals surface area contributed by atoms with Gasteiger partial charge in [0.1, 0.15) is 10.8 Å². The van der Waals surface area contributed by atoms with Crippen LogP contribution in [0.25, 0.3) is 0 Å². The Bertz CT molecular complexity index is 389. The van der Waals surface area contributed by atoms with Gasteiger partial charge in [-0.3, -0.25) is 4.79 Å². The van der Waals surface area contributed by atoms with Crippen LogP contribution in [-0.4, -0.2) is 5.24 Å². The molecule has 0 radical (unpaired) electrons. The van der Waals surface area contributed by atoms with Crippen molar-refractivity contribution in [2.24, 2.45) is 0 Å². The van der Waals surface area contributed by atoms with Gasteiger partial charge in [0.05, 0.1) is 5.56 Å². The van der Waals surface area contributed by atoms with Gasteiger partial charge in [-0.25, -0.2) is 13.2 Å². The Labute approximate surface area is 87.4 Å². The standard InChI is InChI=1S/C8H3Cl2F3O/c1-2-3(8(10)14)6(12)7(13)4(9)5(2)11/h1H3. The first-order valence-electron chi connectivity index (χ1n) is 3.40. The fraction of sp³-hybridized carbons (Fsp3) is 0.125. The van der Waals surface area contributed by atoms with Crippen molar-refractivity contribution in [3.05, 3.63) is 33.6 Å². The third-order valence-corrected chi connectivity index (χ3v) is 2.22. The van der Waals surface area contributed by atoms with E-state index in [1.54, 1.807) is 0 Å². The minimum absolute atomic E-state index is 0.408. The van der Waals surface area contributed by atoms with Crippen molar-refractivity contribution in [3.8, 4) is 0 Å². The van der Waals surface area contributed by atoms with Crippen LogP contribution >= 0.6 is 23.2 Å². The van der Waals surface area contributed by atoms with Gasteiger partial charge in [0, 0.05) is 5.56 Å². The van der Waals surface area contributed by atoms with Crippen molar-refractivity contribution in [1.82, 2.24) is 0 Å². The third-order valence-electron chi connectivity index (χ3n) is 1.70. The Kier molecular flexibility index (Phi) is 3.07. The SMILES string of the molecule is Cc1c(F)c(Cl)c(F)c(F)c1C(=O)Cl. The first-order chi connectivity index (χ1) is 6.37. The number of carbonyl (C=O) groups is 1. The molecule has 0 aliphatic rings. The molecule has 0 unspecified atom stereocenters. The summed E-state index contributed by atoms with van der Waals surface area (Å²) in [5.41, 5.74) is -1.24. The van der Waals surface area contributed by atoms with E-state index in [1.807, 2.05) is 0 Å². The maximum Gasteiger partial charge on any atom is 0.255 e. The molecule has 0 fully saturated rings. The van der Waals surface area contributed by atoms with E-state index in [4.69, 9.17) is 23.2 Å². The lowest BCUT2D eigenvalue weighted by Crippen LogP contribution is -2.05. The highest BCUT2D eigenvalue weighted by molar-refractivity contribution is 6.68. The van der Waals surface area contributed by atoms with Crippen LogP contribution in [0.15, 0.2) is 0 Å². The summed E-state index contributed by atoms with van der Waals surface area (Å²) in [6, 6.07) is 0. The highest BCUT2D eigenvalue weighted by Gasteiger charge is 2.24. The molecule has 1 aromatic carbocycles. The Morgan fingerprint density at radius 2 is 1.64 bits per heavy atom. The molecule has 0 saturated heterocycles. The van der Waals surface area contributed by atoms with Crippen LogP contribution in [0.5, 0.6) is 0 Å². The van der Waals surface area contributed by atoms with Crippen molar-refractivity contribution in [1.29, 1.82) is 0 Å². The molecule has 6 heteroatoms. The lowest BCUT2D eigenvalue weighted by atomic mass is 10.1. The number of hydrogen-bond donors (Lipinski definition) is 0. The summed E-state index contributed by atoms with van der Waals surface area (Å²) in [6.45, 7) is 1.08. The molecule has 76 valence electrons. The smallest absolute Gasteiger partial charge is 0.255 e. The molecule has 0 saturated carbocycles. The van der Waals surface area contributed by atoms with E-state index >= 15 is 0 Å². The van der Waals surface area contributed by atoms with Gasteiger partial charge in [-0.15, -0.1) is 0 Å². The minimum atomic E-state index is -1.61. The molecule has 1 nitrogen and oxygen atoms in total. The second-order valence-electron chi connectivity index (χ2n) is 2.53. The quantitative estimate of drug-likeness (QED) is 0.419. The van der Waals surface area contributed by atoms with E-state index in [9.17, 15) is 18.0 Å². The van der Waals surface area contributed by atoms with Crippen molar-refractivity contribution in [2.75, 3.05) is 0 Å². The molecular weight excluding hydrogens is 240 g/mol. The largest absolute Gasteiger partial charge is 0.275 e. The predicted molar refractivity (Wildman–Crippen MR) is 46.2 cm³/mol. The van der Waals surface area contributed by atoms with E-state index in [2.05, 4.69) is 0 Å². The van der Waals surface area contributed by atoms with Crippen molar-refractivity contribution in [3.63, 3.8) is 0 Å². The fourth-order valence-electron chi connectivity index (χ4n) is 0.975. The molecule has 0 N–H and O–H groups in total. The van der Waals surface area contributed by atoms with Gasteiger partial charge in [0.2, 0.25) is 0 Å². The number of halogens is 5. The van der Waals surface area contributed by atoms with E-state index in [1.165, 1.54) is 0 Å². The molecule has 0 amide bonds. The molecule has 0 bridgehead atoms. The lowest BCUT2D eigenvalue weighted by Gasteiger charge is -2.06. The Morgan fingerprint density at radius 1 is 1.14 bits per heavy atom. The van der Waals surface area contributed by atoms with E-state index in [0.717, 1.165) is 6.92 Å². The van der Waals surface area contributed by atoms with Crippen molar-refractivity contribution >= 4 is 28.4 Å². The lowest BCUT2D eigenvalue weighted by molar-refractivity contribution is 0.107. The topological polar surface area (TPSA) is 17.1 Å². The van der Waals surface area contributed by atoms with E-state index in [-0.39, 0.29) is 0 Å². The number of rotatable bonds is 1. The molecule has 0 spiro atoms. The van der Waals surface area contributed by atoms with Crippen LogP contribution in [-0.2, 0) is 0 Å². The molecule has 1 rings (SSSR count). The second kappa shape index (κ2) is 3.79. The van der Waals surface area contributed by atoms with Crippen LogP contribution in [0.3, 0.4) is 0 Å². The van der Waals surface area contributed by atoms with Crippen molar-refractivity contribution < 1.29 is 18.0 Å². The van der Waals surface area contributed by atoms with Gasteiger partial charge in [-0.05, 0) is 18.5 Å². The zero-order valence-corrected chi connectivity index (χ0v) is 8.31. The number of carbonyl (C=O) groups excluding carboxylic acids is 1. The third kappa shape index (κ3) is 1.60. The van der Waals surface area contributed by atoms with Gasteiger partial charge < -0.3 is 0 Å². The van der Waals surface area contributed by atoms with Crippen LogP contribution in [0.1, 0.15) is 15.9 Å².